The smallest absolute Gasteiger partial charge is 0.125 e. The van der Waals surface area contributed by atoms with E-state index in [1.807, 2.05) is 12.1 Å². The summed E-state index contributed by atoms with van der Waals surface area (Å²) in [5.74, 6) is 0.213. The zero-order valence-electron chi connectivity index (χ0n) is 10.4. The molecule has 0 saturated carbocycles. The Kier molecular flexibility index (Phi) is 4.40. The van der Waals surface area contributed by atoms with E-state index in [4.69, 9.17) is 16.3 Å². The second-order valence-corrected chi connectivity index (χ2v) is 4.65. The number of hydrogen-bond donors (Lipinski definition) is 1. The van der Waals surface area contributed by atoms with Crippen molar-refractivity contribution in [3.05, 3.63) is 64.4 Å². The van der Waals surface area contributed by atoms with E-state index in [0.29, 0.717) is 21.9 Å². The highest BCUT2D eigenvalue weighted by atomic mass is 35.5. The minimum Gasteiger partial charge on any atom is -0.488 e. The lowest BCUT2D eigenvalue weighted by atomic mass is 10.1. The Morgan fingerprint density at radius 1 is 1.26 bits per heavy atom. The van der Waals surface area contributed by atoms with Gasteiger partial charge in [0.25, 0.3) is 0 Å². The van der Waals surface area contributed by atoms with Gasteiger partial charge in [-0.15, -0.1) is 0 Å². The number of hydrogen-bond acceptors (Lipinski definition) is 2. The summed E-state index contributed by atoms with van der Waals surface area (Å²) in [5.41, 5.74) is 1.26. The molecule has 2 aromatic carbocycles. The Hall–Kier alpha value is -1.58. The molecule has 0 aromatic heterocycles. The molecule has 100 valence electrons. The van der Waals surface area contributed by atoms with E-state index < -0.39 is 6.10 Å². The SMILES string of the molecule is C[C@@H](O)c1ccccc1OCc1cc(F)ccc1Cl. The summed E-state index contributed by atoms with van der Waals surface area (Å²) < 4.78 is 18.7. The summed E-state index contributed by atoms with van der Waals surface area (Å²) in [6.07, 6.45) is -0.626. The Labute approximate surface area is 116 Å². The van der Waals surface area contributed by atoms with E-state index in [1.165, 1.54) is 18.2 Å². The number of rotatable bonds is 4. The first-order valence-electron chi connectivity index (χ1n) is 5.91. The first kappa shape index (κ1) is 13.8. The predicted molar refractivity (Wildman–Crippen MR) is 72.8 cm³/mol. The zero-order chi connectivity index (χ0) is 13.8. The van der Waals surface area contributed by atoms with Crippen LogP contribution >= 0.6 is 11.6 Å². The molecule has 0 aliphatic heterocycles. The largest absolute Gasteiger partial charge is 0.488 e. The average Bonchev–Trinajstić information content (AvgIpc) is 2.40. The van der Waals surface area contributed by atoms with Gasteiger partial charge in [-0.25, -0.2) is 4.39 Å². The van der Waals surface area contributed by atoms with Crippen LogP contribution in [0.15, 0.2) is 42.5 Å². The molecule has 1 atom stereocenters. The van der Waals surface area contributed by atoms with Crippen molar-refractivity contribution in [1.29, 1.82) is 0 Å². The van der Waals surface area contributed by atoms with Gasteiger partial charge in [-0.2, -0.15) is 0 Å². The normalized spacial score (nSPS) is 12.2. The van der Waals surface area contributed by atoms with Crippen molar-refractivity contribution < 1.29 is 14.2 Å². The number of halogens is 2. The van der Waals surface area contributed by atoms with E-state index in [2.05, 4.69) is 0 Å². The van der Waals surface area contributed by atoms with E-state index >= 15 is 0 Å². The molecule has 0 spiro atoms. The van der Waals surface area contributed by atoms with Crippen LogP contribution in [-0.4, -0.2) is 5.11 Å². The molecule has 0 bridgehead atoms. The van der Waals surface area contributed by atoms with Crippen molar-refractivity contribution in [2.24, 2.45) is 0 Å². The van der Waals surface area contributed by atoms with Gasteiger partial charge in [-0.3, -0.25) is 0 Å². The van der Waals surface area contributed by atoms with Gasteiger partial charge in [0, 0.05) is 16.1 Å². The lowest BCUT2D eigenvalue weighted by Gasteiger charge is -2.13. The lowest BCUT2D eigenvalue weighted by Crippen LogP contribution is -2.01. The fraction of sp³-hybridized carbons (Fsp3) is 0.200. The van der Waals surface area contributed by atoms with Crippen LogP contribution in [0.1, 0.15) is 24.2 Å². The number of para-hydroxylation sites is 1. The summed E-state index contributed by atoms with van der Waals surface area (Å²) in [5, 5.41) is 10.1. The maximum Gasteiger partial charge on any atom is 0.125 e. The van der Waals surface area contributed by atoms with Gasteiger partial charge < -0.3 is 9.84 Å². The molecule has 0 radical (unpaired) electrons. The molecule has 4 heteroatoms. The molecule has 0 aliphatic rings. The molecule has 0 fully saturated rings. The van der Waals surface area contributed by atoms with Gasteiger partial charge in [0.1, 0.15) is 18.2 Å². The number of ether oxygens (including phenoxy) is 1. The molecule has 0 heterocycles. The van der Waals surface area contributed by atoms with Crippen LogP contribution < -0.4 is 4.74 Å². The molecule has 19 heavy (non-hydrogen) atoms. The molecular weight excluding hydrogens is 267 g/mol. The van der Waals surface area contributed by atoms with Crippen LogP contribution in [0.5, 0.6) is 5.75 Å². The second kappa shape index (κ2) is 6.04. The van der Waals surface area contributed by atoms with Crippen molar-refractivity contribution in [3.8, 4) is 5.75 Å². The maximum absolute atomic E-state index is 13.1. The van der Waals surface area contributed by atoms with Gasteiger partial charge in [0.2, 0.25) is 0 Å². The Morgan fingerprint density at radius 2 is 2.00 bits per heavy atom. The summed E-state index contributed by atoms with van der Waals surface area (Å²) in [6.45, 7) is 1.82. The van der Waals surface area contributed by atoms with Gasteiger partial charge >= 0.3 is 0 Å². The molecule has 2 aromatic rings. The minimum absolute atomic E-state index is 0.153. The molecule has 0 aliphatic carbocycles. The molecule has 2 rings (SSSR count). The summed E-state index contributed by atoms with van der Waals surface area (Å²) in [6, 6.07) is 11.3. The first-order chi connectivity index (χ1) is 9.08. The maximum atomic E-state index is 13.1. The summed E-state index contributed by atoms with van der Waals surface area (Å²) in [7, 11) is 0. The third kappa shape index (κ3) is 3.46. The van der Waals surface area contributed by atoms with Crippen molar-refractivity contribution in [3.63, 3.8) is 0 Å². The van der Waals surface area contributed by atoms with Crippen LogP contribution in [0, 0.1) is 5.82 Å². The quantitative estimate of drug-likeness (QED) is 0.913. The minimum atomic E-state index is -0.626. The van der Waals surface area contributed by atoms with Crippen LogP contribution in [0.25, 0.3) is 0 Å². The zero-order valence-corrected chi connectivity index (χ0v) is 11.2. The van der Waals surface area contributed by atoms with Gasteiger partial charge in [0.05, 0.1) is 6.10 Å². The van der Waals surface area contributed by atoms with Crippen LogP contribution in [0.2, 0.25) is 5.02 Å². The fourth-order valence-electron chi connectivity index (χ4n) is 1.77. The highest BCUT2D eigenvalue weighted by molar-refractivity contribution is 6.31. The Bertz CT molecular complexity index is 570. The van der Waals surface area contributed by atoms with Crippen molar-refractivity contribution >= 4 is 11.6 Å². The first-order valence-corrected chi connectivity index (χ1v) is 6.29. The third-order valence-corrected chi connectivity index (χ3v) is 3.13. The number of benzene rings is 2. The monoisotopic (exact) mass is 280 g/mol. The Morgan fingerprint density at radius 3 is 2.74 bits per heavy atom. The van der Waals surface area contributed by atoms with Crippen LogP contribution in [0.4, 0.5) is 4.39 Å². The average molecular weight is 281 g/mol. The predicted octanol–water partition coefficient (Wildman–Crippen LogP) is 4.11. The van der Waals surface area contributed by atoms with Gasteiger partial charge in [0.15, 0.2) is 0 Å². The van der Waals surface area contributed by atoms with E-state index in [1.54, 1.807) is 19.1 Å². The topological polar surface area (TPSA) is 29.5 Å². The number of aliphatic hydroxyl groups is 1. The van der Waals surface area contributed by atoms with Gasteiger partial charge in [-0.05, 0) is 31.2 Å². The second-order valence-electron chi connectivity index (χ2n) is 4.24. The van der Waals surface area contributed by atoms with E-state index in [9.17, 15) is 9.50 Å². The van der Waals surface area contributed by atoms with Gasteiger partial charge in [-0.1, -0.05) is 29.8 Å². The Balaban J connectivity index is 2.17. The van der Waals surface area contributed by atoms with Crippen molar-refractivity contribution in [2.75, 3.05) is 0 Å². The fourth-order valence-corrected chi connectivity index (χ4v) is 1.94. The molecule has 0 unspecified atom stereocenters. The van der Waals surface area contributed by atoms with Crippen LogP contribution in [0.3, 0.4) is 0 Å². The molecule has 0 amide bonds. The molecule has 2 nitrogen and oxygen atoms in total. The van der Waals surface area contributed by atoms with Crippen molar-refractivity contribution in [1.82, 2.24) is 0 Å². The third-order valence-electron chi connectivity index (χ3n) is 2.76. The standard InChI is InChI=1S/C15H14ClFO2/c1-10(18)13-4-2-3-5-15(13)19-9-11-8-12(17)6-7-14(11)16/h2-8,10,18H,9H2,1H3/t10-/m1/s1. The van der Waals surface area contributed by atoms with E-state index in [-0.39, 0.29) is 12.4 Å². The highest BCUT2D eigenvalue weighted by Crippen LogP contribution is 2.26. The summed E-state index contributed by atoms with van der Waals surface area (Å²) in [4.78, 5) is 0. The lowest BCUT2D eigenvalue weighted by molar-refractivity contribution is 0.190. The van der Waals surface area contributed by atoms with Crippen LogP contribution in [-0.2, 0) is 6.61 Å². The number of aliphatic hydroxyl groups excluding tert-OH is 1. The molecule has 0 saturated heterocycles. The molecule has 1 N–H and O–H groups in total. The highest BCUT2D eigenvalue weighted by Gasteiger charge is 2.09. The molecular formula is C15H14ClFO2. The van der Waals surface area contributed by atoms with Crippen molar-refractivity contribution in [2.45, 2.75) is 19.6 Å². The summed E-state index contributed by atoms with van der Waals surface area (Å²) >= 11 is 5.97. The van der Waals surface area contributed by atoms with E-state index in [0.717, 1.165) is 0 Å².